The number of amides is 2. The van der Waals surface area contributed by atoms with Gasteiger partial charge in [-0.3, -0.25) is 13.9 Å². The predicted molar refractivity (Wildman–Crippen MR) is 172 cm³/mol. The molecular formula is C32H36Cl2FN3O6S. The largest absolute Gasteiger partial charge is 0.493 e. The highest BCUT2D eigenvalue weighted by Gasteiger charge is 2.35. The van der Waals surface area contributed by atoms with E-state index in [2.05, 4.69) is 5.32 Å². The van der Waals surface area contributed by atoms with E-state index < -0.39 is 34.3 Å². The Morgan fingerprint density at radius 1 is 0.978 bits per heavy atom. The molecule has 0 saturated heterocycles. The van der Waals surface area contributed by atoms with E-state index >= 15 is 0 Å². The molecule has 13 heteroatoms. The smallest absolute Gasteiger partial charge is 0.264 e. The van der Waals surface area contributed by atoms with Gasteiger partial charge in [-0.2, -0.15) is 0 Å². The molecule has 1 N–H and O–H groups in total. The quantitative estimate of drug-likeness (QED) is 0.230. The zero-order valence-electron chi connectivity index (χ0n) is 25.3. The van der Waals surface area contributed by atoms with Crippen LogP contribution in [0.25, 0.3) is 0 Å². The fourth-order valence-corrected chi connectivity index (χ4v) is 7.26. The van der Waals surface area contributed by atoms with Crippen LogP contribution in [0.4, 0.5) is 10.1 Å². The summed E-state index contributed by atoms with van der Waals surface area (Å²) in [7, 11) is -1.63. The number of halogens is 3. The molecule has 3 aromatic rings. The number of anilines is 1. The molecule has 0 radical (unpaired) electrons. The summed E-state index contributed by atoms with van der Waals surface area (Å²) in [5, 5.41) is 3.75. The Morgan fingerprint density at radius 3 is 2.24 bits per heavy atom. The van der Waals surface area contributed by atoms with Gasteiger partial charge >= 0.3 is 0 Å². The van der Waals surface area contributed by atoms with E-state index in [0.29, 0.717) is 21.4 Å². The van der Waals surface area contributed by atoms with E-state index in [-0.39, 0.29) is 41.2 Å². The molecule has 0 aliphatic heterocycles. The Hall–Kier alpha value is -3.54. The zero-order valence-corrected chi connectivity index (χ0v) is 27.6. The number of nitrogens with one attached hydrogen (secondary N) is 1. The van der Waals surface area contributed by atoms with Gasteiger partial charge in [0.2, 0.25) is 11.8 Å². The van der Waals surface area contributed by atoms with Crippen LogP contribution in [0.1, 0.15) is 44.6 Å². The van der Waals surface area contributed by atoms with E-state index in [1.807, 2.05) is 0 Å². The van der Waals surface area contributed by atoms with Crippen LogP contribution >= 0.6 is 23.2 Å². The Morgan fingerprint density at radius 2 is 1.64 bits per heavy atom. The summed E-state index contributed by atoms with van der Waals surface area (Å²) in [5.74, 6) is -1.10. The van der Waals surface area contributed by atoms with Crippen LogP contribution < -0.4 is 19.1 Å². The standard InChI is InChI=1S/C32H36Cl2FN3O6S/c1-4-28(32(40)36-24-7-5-6-8-24)37(19-21-9-10-22(33)17-27(21)34)31(39)20-38(25-13-11-23(35)12-14-25)45(41,42)26-15-16-29(43-2)30(18-26)44-3/h9-18,24,28H,4-8,19-20H2,1-3H3,(H,36,40)/t28-/m0/s1. The molecule has 3 aromatic carbocycles. The minimum absolute atomic E-state index is 0.00349. The number of hydrogen-bond acceptors (Lipinski definition) is 6. The average Bonchev–Trinajstić information content (AvgIpc) is 3.53. The maximum absolute atomic E-state index is 14.3. The second kappa shape index (κ2) is 15.2. The lowest BCUT2D eigenvalue weighted by Crippen LogP contribution is -2.53. The first-order valence-electron chi connectivity index (χ1n) is 14.5. The number of benzene rings is 3. The first kappa shape index (κ1) is 34.3. The molecule has 1 aliphatic carbocycles. The highest BCUT2D eigenvalue weighted by molar-refractivity contribution is 7.92. The fourth-order valence-electron chi connectivity index (χ4n) is 5.36. The number of carbonyl (C=O) groups excluding carboxylic acids is 2. The van der Waals surface area contributed by atoms with Crippen LogP contribution in [0.15, 0.2) is 65.6 Å². The molecule has 0 unspecified atom stereocenters. The van der Waals surface area contributed by atoms with Crippen molar-refractivity contribution >= 4 is 50.7 Å². The maximum Gasteiger partial charge on any atom is 0.264 e. The lowest BCUT2D eigenvalue weighted by atomic mass is 10.1. The van der Waals surface area contributed by atoms with E-state index in [1.54, 1.807) is 19.1 Å². The van der Waals surface area contributed by atoms with Gasteiger partial charge in [-0.05, 0) is 73.4 Å². The Labute approximate surface area is 273 Å². The second-order valence-corrected chi connectivity index (χ2v) is 13.4. The van der Waals surface area contributed by atoms with Crippen molar-refractivity contribution in [3.63, 3.8) is 0 Å². The Kier molecular flexibility index (Phi) is 11.6. The molecule has 2 amide bonds. The molecule has 0 aromatic heterocycles. The number of methoxy groups -OCH3 is 2. The van der Waals surface area contributed by atoms with Crippen molar-refractivity contribution in [2.45, 2.75) is 62.6 Å². The summed E-state index contributed by atoms with van der Waals surface area (Å²) in [6, 6.07) is 12.7. The Balaban J connectivity index is 1.76. The molecule has 4 rings (SSSR count). The maximum atomic E-state index is 14.3. The minimum Gasteiger partial charge on any atom is -0.493 e. The molecule has 242 valence electrons. The third-order valence-corrected chi connectivity index (χ3v) is 10.1. The molecule has 45 heavy (non-hydrogen) atoms. The molecule has 0 heterocycles. The lowest BCUT2D eigenvalue weighted by Gasteiger charge is -2.34. The summed E-state index contributed by atoms with van der Waals surface area (Å²) in [6.07, 6.45) is 3.97. The first-order chi connectivity index (χ1) is 21.5. The van der Waals surface area contributed by atoms with Gasteiger partial charge in [-0.25, -0.2) is 12.8 Å². The van der Waals surface area contributed by atoms with E-state index in [4.69, 9.17) is 32.7 Å². The van der Waals surface area contributed by atoms with Crippen molar-refractivity contribution < 1.29 is 31.9 Å². The highest BCUT2D eigenvalue weighted by atomic mass is 35.5. The summed E-state index contributed by atoms with van der Waals surface area (Å²) in [4.78, 5) is 29.0. The molecule has 0 bridgehead atoms. The van der Waals surface area contributed by atoms with Gasteiger partial charge in [0, 0.05) is 28.7 Å². The molecule has 1 fully saturated rings. The summed E-state index contributed by atoms with van der Waals surface area (Å²) in [5.41, 5.74) is 0.574. The summed E-state index contributed by atoms with van der Waals surface area (Å²) < 4.78 is 53.6. The summed E-state index contributed by atoms with van der Waals surface area (Å²) >= 11 is 12.6. The number of nitrogens with zero attached hydrogens (tertiary/aromatic N) is 2. The van der Waals surface area contributed by atoms with Gasteiger partial charge < -0.3 is 19.7 Å². The van der Waals surface area contributed by atoms with Gasteiger partial charge in [-0.1, -0.05) is 49.0 Å². The summed E-state index contributed by atoms with van der Waals surface area (Å²) in [6.45, 7) is 1.00. The van der Waals surface area contributed by atoms with Crippen molar-refractivity contribution in [3.05, 3.63) is 82.1 Å². The average molecular weight is 681 g/mol. The topological polar surface area (TPSA) is 105 Å². The third-order valence-electron chi connectivity index (χ3n) is 7.78. The van der Waals surface area contributed by atoms with Crippen LogP contribution in [0, 0.1) is 5.82 Å². The zero-order chi connectivity index (χ0) is 32.7. The van der Waals surface area contributed by atoms with Gasteiger partial charge in [0.15, 0.2) is 11.5 Å². The second-order valence-electron chi connectivity index (χ2n) is 10.7. The van der Waals surface area contributed by atoms with Crippen LogP contribution in [-0.2, 0) is 26.2 Å². The van der Waals surface area contributed by atoms with Gasteiger partial charge in [0.05, 0.1) is 24.8 Å². The number of hydrogen-bond donors (Lipinski definition) is 1. The van der Waals surface area contributed by atoms with E-state index in [9.17, 15) is 22.4 Å². The van der Waals surface area contributed by atoms with Crippen LogP contribution in [0.2, 0.25) is 10.0 Å². The molecule has 9 nitrogen and oxygen atoms in total. The van der Waals surface area contributed by atoms with Gasteiger partial charge in [-0.15, -0.1) is 0 Å². The van der Waals surface area contributed by atoms with Crippen molar-refractivity contribution in [1.82, 2.24) is 10.2 Å². The molecule has 0 spiro atoms. The van der Waals surface area contributed by atoms with E-state index in [1.165, 1.54) is 55.5 Å². The molecule has 1 atom stereocenters. The normalized spacial score (nSPS) is 14.1. The fraction of sp³-hybridized carbons (Fsp3) is 0.375. The predicted octanol–water partition coefficient (Wildman–Crippen LogP) is 6.21. The monoisotopic (exact) mass is 679 g/mol. The van der Waals surface area contributed by atoms with Crippen molar-refractivity contribution in [2.24, 2.45) is 0 Å². The Bertz CT molecular complexity index is 1620. The third kappa shape index (κ3) is 8.19. The molecule has 1 saturated carbocycles. The van der Waals surface area contributed by atoms with Crippen molar-refractivity contribution in [1.29, 1.82) is 0 Å². The molecule has 1 aliphatic rings. The van der Waals surface area contributed by atoms with Crippen molar-refractivity contribution in [2.75, 3.05) is 25.1 Å². The number of sulfonamides is 1. The van der Waals surface area contributed by atoms with Gasteiger partial charge in [0.25, 0.3) is 10.0 Å². The SMILES string of the molecule is CC[C@@H](C(=O)NC1CCCC1)N(Cc1ccc(Cl)cc1Cl)C(=O)CN(c1ccc(F)cc1)S(=O)(=O)c1ccc(OC)c(OC)c1. The van der Waals surface area contributed by atoms with Gasteiger partial charge in [0.1, 0.15) is 18.4 Å². The highest BCUT2D eigenvalue weighted by Crippen LogP contribution is 2.33. The van der Waals surface area contributed by atoms with Crippen LogP contribution in [0.3, 0.4) is 0 Å². The van der Waals surface area contributed by atoms with E-state index in [0.717, 1.165) is 42.1 Å². The number of rotatable bonds is 13. The lowest BCUT2D eigenvalue weighted by molar-refractivity contribution is -0.140. The molecular weight excluding hydrogens is 644 g/mol. The number of carbonyl (C=O) groups is 2. The van der Waals surface area contributed by atoms with Crippen molar-refractivity contribution in [3.8, 4) is 11.5 Å². The van der Waals surface area contributed by atoms with Crippen LogP contribution in [-0.4, -0.2) is 58.0 Å². The van der Waals surface area contributed by atoms with Crippen LogP contribution in [0.5, 0.6) is 11.5 Å². The number of ether oxygens (including phenoxy) is 2. The minimum atomic E-state index is -4.43. The first-order valence-corrected chi connectivity index (χ1v) is 16.7.